The van der Waals surface area contributed by atoms with Gasteiger partial charge in [0.05, 0.1) is 6.54 Å². The summed E-state index contributed by atoms with van der Waals surface area (Å²) in [5.41, 5.74) is -0.0477. The van der Waals surface area contributed by atoms with E-state index in [4.69, 9.17) is 14.3 Å². The summed E-state index contributed by atoms with van der Waals surface area (Å²) in [6.45, 7) is 7.43. The maximum atomic E-state index is 12.5. The molecule has 2 aromatic carbocycles. The molecule has 0 atom stereocenters. The minimum absolute atomic E-state index is 0.287. The van der Waals surface area contributed by atoms with Crippen molar-refractivity contribution >= 4 is 23.0 Å². The van der Waals surface area contributed by atoms with E-state index in [-0.39, 0.29) is 6.09 Å². The summed E-state index contributed by atoms with van der Waals surface area (Å²) >= 11 is 0. The van der Waals surface area contributed by atoms with Crippen LogP contribution < -0.4 is 0 Å². The Balaban J connectivity index is 1.34. The van der Waals surface area contributed by atoms with E-state index in [0.29, 0.717) is 39.0 Å². The summed E-state index contributed by atoms with van der Waals surface area (Å²) in [4.78, 5) is 31.4. The third kappa shape index (κ3) is 4.67. The number of ether oxygens (including phenoxy) is 2. The molecule has 2 aromatic rings. The molecule has 2 fully saturated rings. The summed E-state index contributed by atoms with van der Waals surface area (Å²) in [5, 5.41) is 3.92. The molecule has 7 nitrogen and oxygen atoms in total. The highest BCUT2D eigenvalue weighted by Crippen LogP contribution is 2.34. The van der Waals surface area contributed by atoms with Crippen molar-refractivity contribution in [3.8, 4) is 0 Å². The van der Waals surface area contributed by atoms with E-state index in [2.05, 4.69) is 30.3 Å². The van der Waals surface area contributed by atoms with Gasteiger partial charge in [0.15, 0.2) is 0 Å². The Labute approximate surface area is 176 Å². The van der Waals surface area contributed by atoms with Crippen LogP contribution in [0.3, 0.4) is 0 Å². The number of piperidine rings is 1. The SMILES string of the molecule is CC(C)(C)OC(=O)ON1CCC2(CC1)CN(Cc1ccc3ccccc3c1)C(=O)O2. The number of amides is 1. The molecular weight excluding hydrogens is 384 g/mol. The van der Waals surface area contributed by atoms with Crippen LogP contribution in [0.2, 0.25) is 0 Å². The van der Waals surface area contributed by atoms with E-state index in [1.807, 2.05) is 12.1 Å². The van der Waals surface area contributed by atoms with Gasteiger partial charge < -0.3 is 14.3 Å². The van der Waals surface area contributed by atoms with Crippen molar-refractivity contribution in [1.29, 1.82) is 0 Å². The maximum Gasteiger partial charge on any atom is 0.528 e. The second kappa shape index (κ2) is 7.80. The zero-order chi connectivity index (χ0) is 21.4. The minimum atomic E-state index is -0.709. The van der Waals surface area contributed by atoms with Gasteiger partial charge in [0.25, 0.3) is 0 Å². The summed E-state index contributed by atoms with van der Waals surface area (Å²) in [5.74, 6) is 0. The molecule has 160 valence electrons. The summed E-state index contributed by atoms with van der Waals surface area (Å²) in [7, 11) is 0. The average molecular weight is 412 g/mol. The number of carbonyl (C=O) groups excluding carboxylic acids is 2. The topological polar surface area (TPSA) is 68.3 Å². The van der Waals surface area contributed by atoms with Crippen molar-refractivity contribution in [2.75, 3.05) is 19.6 Å². The number of hydroxylamine groups is 2. The van der Waals surface area contributed by atoms with Crippen LogP contribution in [0, 0.1) is 0 Å². The summed E-state index contributed by atoms with van der Waals surface area (Å²) in [6.07, 6.45) is 0.218. The molecule has 0 aliphatic carbocycles. The van der Waals surface area contributed by atoms with Crippen molar-refractivity contribution in [1.82, 2.24) is 9.96 Å². The molecule has 1 amide bonds. The first-order valence-corrected chi connectivity index (χ1v) is 10.3. The van der Waals surface area contributed by atoms with Crippen molar-refractivity contribution in [3.63, 3.8) is 0 Å². The molecule has 7 heteroatoms. The van der Waals surface area contributed by atoms with Crippen LogP contribution in [0.4, 0.5) is 9.59 Å². The highest BCUT2D eigenvalue weighted by atomic mass is 16.8. The fraction of sp³-hybridized carbons (Fsp3) is 0.478. The summed E-state index contributed by atoms with van der Waals surface area (Å²) < 4.78 is 11.0. The van der Waals surface area contributed by atoms with Crippen LogP contribution in [0.15, 0.2) is 42.5 Å². The van der Waals surface area contributed by atoms with Gasteiger partial charge >= 0.3 is 12.2 Å². The molecule has 2 aliphatic rings. The number of hydrogen-bond donors (Lipinski definition) is 0. The fourth-order valence-electron chi connectivity index (χ4n) is 3.99. The Kier molecular flexibility index (Phi) is 5.32. The van der Waals surface area contributed by atoms with Gasteiger partial charge in [-0.1, -0.05) is 36.4 Å². The largest absolute Gasteiger partial charge is 0.528 e. The molecule has 30 heavy (non-hydrogen) atoms. The Hall–Kier alpha value is -2.80. The molecule has 0 radical (unpaired) electrons. The Bertz CT molecular complexity index is 944. The number of carbonyl (C=O) groups is 2. The molecule has 2 heterocycles. The predicted molar refractivity (Wildman–Crippen MR) is 112 cm³/mol. The van der Waals surface area contributed by atoms with Gasteiger partial charge in [-0.25, -0.2) is 9.59 Å². The van der Waals surface area contributed by atoms with Crippen LogP contribution in [-0.2, 0) is 20.9 Å². The maximum absolute atomic E-state index is 12.5. The quantitative estimate of drug-likeness (QED) is 0.692. The molecule has 0 bridgehead atoms. The molecule has 2 saturated heterocycles. The van der Waals surface area contributed by atoms with E-state index in [9.17, 15) is 9.59 Å². The molecule has 0 aromatic heterocycles. The van der Waals surface area contributed by atoms with Crippen molar-refractivity contribution in [2.24, 2.45) is 0 Å². The fourth-order valence-corrected chi connectivity index (χ4v) is 3.99. The lowest BCUT2D eigenvalue weighted by molar-refractivity contribution is -0.170. The smallest absolute Gasteiger partial charge is 0.441 e. The lowest BCUT2D eigenvalue weighted by atomic mass is 9.92. The number of rotatable bonds is 3. The van der Waals surface area contributed by atoms with Crippen molar-refractivity contribution in [2.45, 2.75) is 51.4 Å². The number of fused-ring (bicyclic) bond motifs is 1. The lowest BCUT2D eigenvalue weighted by Crippen LogP contribution is -2.47. The van der Waals surface area contributed by atoms with Crippen molar-refractivity contribution < 1.29 is 23.9 Å². The second-order valence-corrected chi connectivity index (χ2v) is 9.07. The first-order chi connectivity index (χ1) is 14.2. The predicted octanol–water partition coefficient (Wildman–Crippen LogP) is 4.49. The molecular formula is C23H28N2O5. The van der Waals surface area contributed by atoms with Crippen LogP contribution in [-0.4, -0.2) is 53.0 Å². The zero-order valence-electron chi connectivity index (χ0n) is 17.7. The van der Waals surface area contributed by atoms with E-state index in [0.717, 1.165) is 10.9 Å². The lowest BCUT2D eigenvalue weighted by Gasteiger charge is -2.36. The molecule has 1 spiro atoms. The standard InChI is InChI=1S/C23H28N2O5/c1-22(2,3)29-21(27)30-25-12-10-23(11-13-25)16-24(20(26)28-23)15-17-8-9-18-6-4-5-7-19(18)14-17/h4-9,14H,10-13,15-16H2,1-3H3. The molecule has 2 aliphatic heterocycles. The van der Waals surface area contributed by atoms with E-state index in [1.54, 1.807) is 30.7 Å². The first-order valence-electron chi connectivity index (χ1n) is 10.3. The van der Waals surface area contributed by atoms with Crippen LogP contribution >= 0.6 is 0 Å². The van der Waals surface area contributed by atoms with Gasteiger partial charge in [-0.05, 0) is 43.2 Å². The van der Waals surface area contributed by atoms with Gasteiger partial charge in [-0.15, -0.1) is 5.06 Å². The first kappa shape index (κ1) is 20.5. The highest BCUT2D eigenvalue weighted by molar-refractivity contribution is 5.83. The molecule has 0 N–H and O–H groups in total. The highest BCUT2D eigenvalue weighted by Gasteiger charge is 2.47. The van der Waals surface area contributed by atoms with Crippen LogP contribution in [0.1, 0.15) is 39.2 Å². The minimum Gasteiger partial charge on any atom is -0.441 e. The van der Waals surface area contributed by atoms with E-state index >= 15 is 0 Å². The number of hydrogen-bond acceptors (Lipinski definition) is 6. The van der Waals surface area contributed by atoms with Crippen LogP contribution in [0.5, 0.6) is 0 Å². The summed E-state index contributed by atoms with van der Waals surface area (Å²) in [6, 6.07) is 14.4. The number of benzene rings is 2. The Morgan fingerprint density at radius 3 is 2.50 bits per heavy atom. The van der Waals surface area contributed by atoms with E-state index < -0.39 is 17.4 Å². The van der Waals surface area contributed by atoms with Gasteiger partial charge in [-0.3, -0.25) is 4.90 Å². The second-order valence-electron chi connectivity index (χ2n) is 9.07. The van der Waals surface area contributed by atoms with Gasteiger partial charge in [-0.2, -0.15) is 0 Å². The van der Waals surface area contributed by atoms with Gasteiger partial charge in [0.1, 0.15) is 11.2 Å². The van der Waals surface area contributed by atoms with Crippen molar-refractivity contribution in [3.05, 3.63) is 48.0 Å². The molecule has 4 rings (SSSR count). The molecule has 0 saturated carbocycles. The third-order valence-electron chi connectivity index (χ3n) is 5.46. The third-order valence-corrected chi connectivity index (χ3v) is 5.46. The monoisotopic (exact) mass is 412 g/mol. The van der Waals surface area contributed by atoms with Gasteiger partial charge in [0.2, 0.25) is 0 Å². The van der Waals surface area contributed by atoms with Gasteiger partial charge in [0, 0.05) is 32.5 Å². The van der Waals surface area contributed by atoms with E-state index in [1.165, 1.54) is 5.39 Å². The average Bonchev–Trinajstić information content (AvgIpc) is 2.97. The normalized spacial score (nSPS) is 19.2. The zero-order valence-corrected chi connectivity index (χ0v) is 17.7. The molecule has 0 unspecified atom stereocenters. The number of nitrogens with zero attached hydrogens (tertiary/aromatic N) is 2. The Morgan fingerprint density at radius 1 is 1.10 bits per heavy atom. The van der Waals surface area contributed by atoms with Crippen LogP contribution in [0.25, 0.3) is 10.8 Å². The Morgan fingerprint density at radius 2 is 1.80 bits per heavy atom.